The third-order valence-electron chi connectivity index (χ3n) is 11.2. The van der Waals surface area contributed by atoms with Gasteiger partial charge in [0.1, 0.15) is 6.10 Å². The lowest BCUT2D eigenvalue weighted by molar-refractivity contribution is -0.146. The molecule has 10 atom stereocenters. The highest BCUT2D eigenvalue weighted by Gasteiger charge is 2.65. The van der Waals surface area contributed by atoms with Crippen LogP contribution >= 0.6 is 0 Å². The number of aliphatic hydroxyl groups is 2. The highest BCUT2D eigenvalue weighted by molar-refractivity contribution is 6.12. The van der Waals surface area contributed by atoms with Gasteiger partial charge in [-0.15, -0.1) is 0 Å². The summed E-state index contributed by atoms with van der Waals surface area (Å²) in [6, 6.07) is 0. The molecule has 2 N–H and O–H groups in total. The van der Waals surface area contributed by atoms with E-state index >= 15 is 0 Å². The standard InChI is InChI=1S/C31H46O6/c1-8-37-29(36)18(4)16(2)9-10-17(3)20-11-12-21-25-24(33)15-22-19(5)23(32)13-14-30(22,6)26(25)27(34)28(35)31(20,21)7/h17-23,28,32,35H,2,8-15H2,1,3-7H3/t17-,18?,19+,20-,21+,22?,23-,28+,30+,31-/m1/s1. The fourth-order valence-electron chi connectivity index (χ4n) is 8.66. The molecule has 0 saturated heterocycles. The second-order valence-corrected chi connectivity index (χ2v) is 12.9. The lowest BCUT2D eigenvalue weighted by atomic mass is 9.47. The van der Waals surface area contributed by atoms with E-state index in [4.69, 9.17) is 4.74 Å². The number of ether oxygens (including phenoxy) is 1. The number of carbonyl (C=O) groups is 3. The molecule has 4 aliphatic rings. The predicted octanol–water partition coefficient (Wildman–Crippen LogP) is 4.82. The number of esters is 1. The topological polar surface area (TPSA) is 101 Å². The second kappa shape index (κ2) is 10.1. The second-order valence-electron chi connectivity index (χ2n) is 12.9. The number of carbonyl (C=O) groups excluding carboxylic acids is 3. The first-order chi connectivity index (χ1) is 17.3. The summed E-state index contributed by atoms with van der Waals surface area (Å²) in [6.45, 7) is 16.3. The molecule has 0 aromatic rings. The van der Waals surface area contributed by atoms with E-state index in [1.54, 1.807) is 6.92 Å². The number of rotatable bonds is 7. The molecule has 6 heteroatoms. The van der Waals surface area contributed by atoms with E-state index < -0.39 is 23.0 Å². The van der Waals surface area contributed by atoms with Crippen molar-refractivity contribution >= 4 is 17.5 Å². The van der Waals surface area contributed by atoms with Gasteiger partial charge in [0.05, 0.1) is 18.6 Å². The minimum atomic E-state index is -1.14. The molecule has 4 aliphatic carbocycles. The smallest absolute Gasteiger partial charge is 0.312 e. The van der Waals surface area contributed by atoms with Gasteiger partial charge in [-0.25, -0.2) is 0 Å². The summed E-state index contributed by atoms with van der Waals surface area (Å²) in [5, 5.41) is 22.2. The molecule has 0 amide bonds. The van der Waals surface area contributed by atoms with E-state index in [2.05, 4.69) is 20.4 Å². The molecule has 2 fully saturated rings. The van der Waals surface area contributed by atoms with Crippen molar-refractivity contribution in [3.8, 4) is 0 Å². The Bertz CT molecular complexity index is 1010. The number of hydrogen-bond donors (Lipinski definition) is 2. The Balaban J connectivity index is 1.60. The van der Waals surface area contributed by atoms with Crippen LogP contribution in [-0.4, -0.2) is 46.6 Å². The fourth-order valence-corrected chi connectivity index (χ4v) is 8.66. The molecule has 37 heavy (non-hydrogen) atoms. The maximum absolute atomic E-state index is 14.0. The maximum Gasteiger partial charge on any atom is 0.312 e. The van der Waals surface area contributed by atoms with Crippen LogP contribution < -0.4 is 0 Å². The molecule has 2 saturated carbocycles. The summed E-state index contributed by atoms with van der Waals surface area (Å²) in [4.78, 5) is 39.8. The van der Waals surface area contributed by atoms with Crippen molar-refractivity contribution in [3.63, 3.8) is 0 Å². The number of Topliss-reactive ketones (excluding diaryl/α,β-unsaturated/α-hetero) is 2. The minimum absolute atomic E-state index is 0.0415. The molecular weight excluding hydrogens is 468 g/mol. The van der Waals surface area contributed by atoms with E-state index in [9.17, 15) is 24.6 Å². The fraction of sp³-hybridized carbons (Fsp3) is 0.774. The van der Waals surface area contributed by atoms with Gasteiger partial charge in [0.2, 0.25) is 0 Å². The molecule has 0 heterocycles. The van der Waals surface area contributed by atoms with Crippen LogP contribution in [0.4, 0.5) is 0 Å². The molecule has 0 bridgehead atoms. The van der Waals surface area contributed by atoms with E-state index in [-0.39, 0.29) is 53.0 Å². The van der Waals surface area contributed by atoms with Gasteiger partial charge >= 0.3 is 5.97 Å². The van der Waals surface area contributed by atoms with E-state index in [1.165, 1.54) is 0 Å². The van der Waals surface area contributed by atoms with Gasteiger partial charge in [-0.2, -0.15) is 0 Å². The van der Waals surface area contributed by atoms with Crippen molar-refractivity contribution in [2.24, 2.45) is 46.3 Å². The Morgan fingerprint density at radius 1 is 1.16 bits per heavy atom. The van der Waals surface area contributed by atoms with Crippen molar-refractivity contribution in [1.82, 2.24) is 0 Å². The van der Waals surface area contributed by atoms with Gasteiger partial charge in [0.25, 0.3) is 0 Å². The lowest BCUT2D eigenvalue weighted by Gasteiger charge is -2.56. The number of aliphatic hydroxyl groups excluding tert-OH is 2. The zero-order chi connectivity index (χ0) is 27.4. The molecule has 0 aromatic heterocycles. The molecule has 206 valence electrons. The highest BCUT2D eigenvalue weighted by atomic mass is 16.5. The largest absolute Gasteiger partial charge is 0.466 e. The molecule has 0 aromatic carbocycles. The SMILES string of the molecule is C=C(CC[C@@H](C)[C@H]1CC[C@H]2C3=C(C(=O)[C@H](O)[C@]12C)[C@@]1(C)CC[C@@H](O)[C@@H](C)C1CC3=O)C(C)C(=O)OCC. The van der Waals surface area contributed by atoms with Gasteiger partial charge in [0, 0.05) is 28.4 Å². The average molecular weight is 515 g/mol. The van der Waals surface area contributed by atoms with Crippen LogP contribution in [-0.2, 0) is 19.1 Å². The van der Waals surface area contributed by atoms with Crippen LogP contribution in [0, 0.1) is 46.3 Å². The van der Waals surface area contributed by atoms with Crippen LogP contribution in [0.2, 0.25) is 0 Å². The van der Waals surface area contributed by atoms with E-state index in [1.807, 2.05) is 20.8 Å². The first-order valence-electron chi connectivity index (χ1n) is 14.3. The monoisotopic (exact) mass is 514 g/mol. The molecule has 4 rings (SSSR count). The van der Waals surface area contributed by atoms with Crippen LogP contribution in [0.1, 0.15) is 86.5 Å². The summed E-state index contributed by atoms with van der Waals surface area (Å²) in [7, 11) is 0. The normalized spacial score (nSPS) is 41.0. The Morgan fingerprint density at radius 2 is 1.84 bits per heavy atom. The van der Waals surface area contributed by atoms with E-state index in [0.29, 0.717) is 43.4 Å². The summed E-state index contributed by atoms with van der Waals surface area (Å²) in [5.74, 6) is -0.831. The van der Waals surface area contributed by atoms with E-state index in [0.717, 1.165) is 24.8 Å². The van der Waals surface area contributed by atoms with Gasteiger partial charge in [-0.1, -0.05) is 39.8 Å². The summed E-state index contributed by atoms with van der Waals surface area (Å²) in [6.07, 6.45) is 3.16. The maximum atomic E-state index is 14.0. The molecule has 0 radical (unpaired) electrons. The Labute approximate surface area is 221 Å². The molecule has 0 spiro atoms. The number of ketones is 2. The van der Waals surface area contributed by atoms with Crippen LogP contribution in [0.15, 0.2) is 23.3 Å². The number of allylic oxidation sites excluding steroid dienone is 1. The van der Waals surface area contributed by atoms with Gasteiger partial charge in [-0.3, -0.25) is 14.4 Å². The third-order valence-corrected chi connectivity index (χ3v) is 11.2. The van der Waals surface area contributed by atoms with Crippen molar-refractivity contribution in [2.45, 2.75) is 98.7 Å². The first-order valence-corrected chi connectivity index (χ1v) is 14.3. The van der Waals surface area contributed by atoms with Crippen LogP contribution in [0.3, 0.4) is 0 Å². The van der Waals surface area contributed by atoms with Crippen molar-refractivity contribution in [1.29, 1.82) is 0 Å². The van der Waals surface area contributed by atoms with Gasteiger partial charge in [-0.05, 0) is 82.0 Å². The Morgan fingerprint density at radius 3 is 2.49 bits per heavy atom. The number of hydrogen-bond acceptors (Lipinski definition) is 6. The van der Waals surface area contributed by atoms with Gasteiger partial charge in [0.15, 0.2) is 11.6 Å². The first kappa shape index (κ1) is 28.2. The molecular formula is C31H46O6. The minimum Gasteiger partial charge on any atom is -0.466 e. The third kappa shape index (κ3) is 4.27. The zero-order valence-corrected chi connectivity index (χ0v) is 23.5. The molecule has 0 aliphatic heterocycles. The van der Waals surface area contributed by atoms with Crippen molar-refractivity contribution in [2.75, 3.05) is 6.61 Å². The molecule has 6 nitrogen and oxygen atoms in total. The lowest BCUT2D eigenvalue weighted by Crippen LogP contribution is -2.58. The van der Waals surface area contributed by atoms with Crippen LogP contribution in [0.25, 0.3) is 0 Å². The summed E-state index contributed by atoms with van der Waals surface area (Å²) >= 11 is 0. The van der Waals surface area contributed by atoms with Crippen LogP contribution in [0.5, 0.6) is 0 Å². The average Bonchev–Trinajstić information content (AvgIpc) is 3.22. The van der Waals surface area contributed by atoms with Crippen molar-refractivity contribution < 1.29 is 29.3 Å². The Hall–Kier alpha value is -1.79. The van der Waals surface area contributed by atoms with Gasteiger partial charge < -0.3 is 14.9 Å². The quantitative estimate of drug-likeness (QED) is 0.373. The molecule has 2 unspecified atom stereocenters. The highest BCUT2D eigenvalue weighted by Crippen LogP contribution is 2.65. The number of fused-ring (bicyclic) bond motifs is 4. The van der Waals surface area contributed by atoms with Crippen molar-refractivity contribution in [3.05, 3.63) is 23.3 Å². The summed E-state index contributed by atoms with van der Waals surface area (Å²) < 4.78 is 5.14. The predicted molar refractivity (Wildman–Crippen MR) is 141 cm³/mol. The zero-order valence-electron chi connectivity index (χ0n) is 23.5. The Kier molecular flexibility index (Phi) is 7.68. The summed E-state index contributed by atoms with van der Waals surface area (Å²) in [5.41, 5.74) is 0.932.